The molecule has 0 N–H and O–H groups in total. The van der Waals surface area contributed by atoms with Crippen LogP contribution in [0.1, 0.15) is 0 Å². The summed E-state index contributed by atoms with van der Waals surface area (Å²) >= 11 is 0. The number of hydrogen-bond donors (Lipinski definition) is 0. The van der Waals surface area contributed by atoms with Crippen molar-refractivity contribution >= 4 is 17.6 Å². The summed E-state index contributed by atoms with van der Waals surface area (Å²) in [5.41, 5.74) is 0. The molecule has 0 unspecified atom stereocenters. The predicted octanol–water partition coefficient (Wildman–Crippen LogP) is -2.22. The standard InChI is InChI=1S/CH3FO2PS.Li/c1-6(3,4)5-2;/h1H3;/q-1;+1. The Morgan fingerprint density at radius 2 is 1.71 bits per heavy atom. The number of halogens is 1. The molecule has 0 radical (unpaired) electrons. The van der Waals surface area contributed by atoms with Gasteiger partial charge in [0, 0.05) is 15.7 Å². The Bertz CT molecular complexity index is 120. The van der Waals surface area contributed by atoms with Gasteiger partial charge in [-0.1, -0.05) is 0 Å². The summed E-state index contributed by atoms with van der Waals surface area (Å²) in [6.45, 7) is 0. The monoisotopic (exact) mass is 136 g/mol. The zero-order chi connectivity index (χ0) is 5.21. The van der Waals surface area contributed by atoms with E-state index in [4.69, 9.17) is 0 Å². The van der Waals surface area contributed by atoms with Crippen molar-refractivity contribution in [2.24, 2.45) is 0 Å². The third-order valence-corrected chi connectivity index (χ3v) is 1.13. The quantitative estimate of drug-likeness (QED) is 0.302. The molecule has 6 heteroatoms. The zero-order valence-corrected chi connectivity index (χ0v) is 5.76. The summed E-state index contributed by atoms with van der Waals surface area (Å²) in [4.78, 5) is 0. The first kappa shape index (κ1) is 10.8. The van der Waals surface area contributed by atoms with E-state index in [0.717, 1.165) is 6.26 Å². The molecule has 0 aliphatic heterocycles. The van der Waals surface area contributed by atoms with Gasteiger partial charge in [-0.25, -0.2) is 0 Å². The van der Waals surface area contributed by atoms with Gasteiger partial charge in [0.2, 0.25) is 0 Å². The Balaban J connectivity index is 0. The fourth-order valence-corrected chi connectivity index (χ4v) is 0. The van der Waals surface area contributed by atoms with Crippen molar-refractivity contribution in [1.29, 1.82) is 0 Å². The van der Waals surface area contributed by atoms with E-state index in [9.17, 15) is 12.6 Å². The van der Waals surface area contributed by atoms with E-state index in [1.165, 1.54) is 0 Å². The molecule has 0 aromatic rings. The van der Waals surface area contributed by atoms with E-state index in [-0.39, 0.29) is 18.9 Å². The van der Waals surface area contributed by atoms with Crippen LogP contribution in [0.25, 0.3) is 0 Å². The first-order valence-corrected chi connectivity index (χ1v) is 4.38. The third-order valence-electron chi connectivity index (χ3n) is 0.125. The molecule has 0 heterocycles. The largest absolute Gasteiger partial charge is 1.00 e. The van der Waals surface area contributed by atoms with E-state index < -0.39 is 17.6 Å². The minimum absolute atomic E-state index is 0. The van der Waals surface area contributed by atoms with Crippen molar-refractivity contribution in [3.8, 4) is 0 Å². The molecule has 38 valence electrons. The van der Waals surface area contributed by atoms with E-state index in [1.807, 2.05) is 0 Å². The number of rotatable bonds is 1. The van der Waals surface area contributed by atoms with Gasteiger partial charge in [-0.15, -0.1) is 0 Å². The molecule has 0 bridgehead atoms. The zero-order valence-electron chi connectivity index (χ0n) is 4.05. The van der Waals surface area contributed by atoms with Gasteiger partial charge in [-0.3, -0.25) is 8.42 Å². The minimum atomic E-state index is -3.36. The van der Waals surface area contributed by atoms with Crippen molar-refractivity contribution in [3.05, 3.63) is 0 Å². The van der Waals surface area contributed by atoms with Crippen LogP contribution < -0.4 is 18.9 Å². The second-order valence-corrected chi connectivity index (χ2v) is 4.81. The van der Waals surface area contributed by atoms with Gasteiger partial charge in [0.15, 0.2) is 0 Å². The molecule has 0 spiro atoms. The van der Waals surface area contributed by atoms with Crippen molar-refractivity contribution in [2.75, 3.05) is 6.26 Å². The van der Waals surface area contributed by atoms with Crippen LogP contribution in [0.3, 0.4) is 0 Å². The van der Waals surface area contributed by atoms with E-state index >= 15 is 0 Å². The van der Waals surface area contributed by atoms with E-state index in [1.54, 1.807) is 0 Å². The van der Waals surface area contributed by atoms with Crippen molar-refractivity contribution in [3.63, 3.8) is 0 Å². The van der Waals surface area contributed by atoms with Crippen molar-refractivity contribution < 1.29 is 31.5 Å². The van der Waals surface area contributed by atoms with Crippen LogP contribution in [-0.4, -0.2) is 14.7 Å². The molecule has 0 aliphatic rings. The Morgan fingerprint density at radius 1 is 1.57 bits per heavy atom. The Morgan fingerprint density at radius 3 is 1.71 bits per heavy atom. The molecule has 0 saturated heterocycles. The molecule has 0 rings (SSSR count). The summed E-state index contributed by atoms with van der Waals surface area (Å²) in [7, 11) is -4.41. The molecule has 0 aromatic carbocycles. The summed E-state index contributed by atoms with van der Waals surface area (Å²) in [6.07, 6.45) is 0.828. The smallest absolute Gasteiger partial charge is 0.450 e. The van der Waals surface area contributed by atoms with Gasteiger partial charge in [0.1, 0.15) is 0 Å². The van der Waals surface area contributed by atoms with E-state index in [2.05, 4.69) is 0 Å². The molecular weight excluding hydrogens is 133 g/mol. The number of hydrogen-bond acceptors (Lipinski definition) is 2. The Labute approximate surface area is 55.6 Å². The Hall–Kier alpha value is 0.907. The summed E-state index contributed by atoms with van der Waals surface area (Å²) in [6, 6.07) is 0. The first-order valence-electron chi connectivity index (χ1n) is 1.09. The second-order valence-electron chi connectivity index (χ2n) is 0.802. The van der Waals surface area contributed by atoms with Crippen molar-refractivity contribution in [2.45, 2.75) is 0 Å². The third kappa shape index (κ3) is 10.9. The van der Waals surface area contributed by atoms with Gasteiger partial charge in [-0.2, -0.15) is 8.09 Å². The van der Waals surface area contributed by atoms with Gasteiger partial charge >= 0.3 is 18.9 Å². The predicted molar refractivity (Wildman–Crippen MR) is 22.9 cm³/mol. The topological polar surface area (TPSA) is 34.1 Å². The molecule has 0 aliphatic carbocycles. The maximum Gasteiger partial charge on any atom is 1.00 e. The maximum atomic E-state index is 10.9. The average molecular weight is 136 g/mol. The van der Waals surface area contributed by atoms with Crippen LogP contribution >= 0.6 is 8.09 Å². The molecule has 0 saturated carbocycles. The summed E-state index contributed by atoms with van der Waals surface area (Å²) < 4.78 is 30.1. The van der Waals surface area contributed by atoms with E-state index in [0.29, 0.717) is 0 Å². The van der Waals surface area contributed by atoms with Gasteiger partial charge in [0.05, 0.1) is 0 Å². The normalized spacial score (nSPS) is 11.7. The second kappa shape index (κ2) is 3.86. The molecule has 7 heavy (non-hydrogen) atoms. The average Bonchev–Trinajstić information content (AvgIpc) is 1.35. The first-order chi connectivity index (χ1) is 2.56. The Kier molecular flexibility index (Phi) is 5.95. The van der Waals surface area contributed by atoms with Crippen LogP contribution in [-0.2, 0) is 9.46 Å². The molecule has 0 fully saturated rings. The molecule has 0 aromatic heterocycles. The van der Waals surface area contributed by atoms with Crippen LogP contribution in [0.4, 0.5) is 4.20 Å². The van der Waals surface area contributed by atoms with Crippen molar-refractivity contribution in [1.82, 2.24) is 0 Å². The van der Waals surface area contributed by atoms with Gasteiger partial charge in [-0.05, 0) is 0 Å². The molecule has 2 nitrogen and oxygen atoms in total. The summed E-state index contributed by atoms with van der Waals surface area (Å²) in [5.74, 6) is 0. The molecule has 0 amide bonds. The van der Waals surface area contributed by atoms with Crippen LogP contribution in [0.5, 0.6) is 0 Å². The fourth-order valence-electron chi connectivity index (χ4n) is 0. The van der Waals surface area contributed by atoms with Crippen LogP contribution in [0, 0.1) is 0 Å². The maximum absolute atomic E-state index is 10.9. The molecule has 0 atom stereocenters. The SMILES string of the molecule is CS(=O)(=O)[P-]F.[Li+]. The van der Waals surface area contributed by atoms with Crippen LogP contribution in [0.15, 0.2) is 0 Å². The fraction of sp³-hybridized carbons (Fsp3) is 1.00. The molecular formula is CH3FLiO2PS. The van der Waals surface area contributed by atoms with Gasteiger partial charge in [0.25, 0.3) is 0 Å². The van der Waals surface area contributed by atoms with Crippen LogP contribution in [0.2, 0.25) is 0 Å². The minimum Gasteiger partial charge on any atom is -0.450 e. The van der Waals surface area contributed by atoms with Gasteiger partial charge < -0.3 is 4.20 Å². The summed E-state index contributed by atoms with van der Waals surface area (Å²) in [5, 5.41) is 0.